The highest BCUT2D eigenvalue weighted by atomic mass is 16.5. The second-order valence-electron chi connectivity index (χ2n) is 6.45. The minimum atomic E-state index is -0.611. The van der Waals surface area contributed by atoms with Crippen LogP contribution in [-0.4, -0.2) is 51.3 Å². The van der Waals surface area contributed by atoms with Gasteiger partial charge in [0.25, 0.3) is 5.91 Å². The molecule has 0 saturated carbocycles. The Hall–Kier alpha value is -2.25. The van der Waals surface area contributed by atoms with E-state index in [4.69, 9.17) is 4.52 Å². The molecule has 2 atom stereocenters. The summed E-state index contributed by atoms with van der Waals surface area (Å²) in [4.78, 5) is 18.8. The summed E-state index contributed by atoms with van der Waals surface area (Å²) in [6.45, 7) is 5.73. The van der Waals surface area contributed by atoms with E-state index in [1.165, 1.54) is 0 Å². The first-order chi connectivity index (χ1) is 12.1. The number of aryl methyl sites for hydroxylation is 2. The summed E-state index contributed by atoms with van der Waals surface area (Å²) in [5.41, 5.74) is 2.26. The fourth-order valence-corrected chi connectivity index (χ4v) is 3.25. The molecule has 1 aliphatic rings. The van der Waals surface area contributed by atoms with Crippen LogP contribution in [0.4, 0.5) is 0 Å². The van der Waals surface area contributed by atoms with E-state index in [0.717, 1.165) is 18.7 Å². The van der Waals surface area contributed by atoms with Crippen LogP contribution in [-0.2, 0) is 13.0 Å². The Balaban J connectivity index is 1.58. The minimum absolute atomic E-state index is 0.222. The van der Waals surface area contributed by atoms with Crippen LogP contribution in [0.3, 0.4) is 0 Å². The number of aliphatic hydroxyl groups is 1. The van der Waals surface area contributed by atoms with Gasteiger partial charge in [0.15, 0.2) is 0 Å². The number of nitrogens with one attached hydrogen (secondary N) is 1. The highest BCUT2D eigenvalue weighted by Crippen LogP contribution is 2.17. The molecule has 2 aromatic heterocycles. The third-order valence-electron chi connectivity index (χ3n) is 4.61. The van der Waals surface area contributed by atoms with Gasteiger partial charge in [-0.1, -0.05) is 18.1 Å². The van der Waals surface area contributed by atoms with Gasteiger partial charge in [0, 0.05) is 32.0 Å². The maximum Gasteiger partial charge on any atom is 0.257 e. The van der Waals surface area contributed by atoms with Crippen molar-refractivity contribution in [3.63, 3.8) is 0 Å². The van der Waals surface area contributed by atoms with Crippen LogP contribution >= 0.6 is 0 Å². The van der Waals surface area contributed by atoms with Gasteiger partial charge in [0.1, 0.15) is 11.3 Å². The van der Waals surface area contributed by atoms with Gasteiger partial charge in [-0.3, -0.25) is 14.7 Å². The lowest BCUT2D eigenvalue weighted by Crippen LogP contribution is -2.53. The SMILES string of the molecule is CCc1noc(C)c1C(=O)N[C@@H]1CCN(Cc2cccnc2)C[C@H]1O. The van der Waals surface area contributed by atoms with E-state index >= 15 is 0 Å². The summed E-state index contributed by atoms with van der Waals surface area (Å²) in [5, 5.41) is 17.3. The maximum atomic E-state index is 12.5. The zero-order chi connectivity index (χ0) is 17.8. The topological polar surface area (TPSA) is 91.5 Å². The number of rotatable bonds is 5. The number of carbonyl (C=O) groups is 1. The average molecular weight is 344 g/mol. The molecule has 7 heteroatoms. The summed E-state index contributed by atoms with van der Waals surface area (Å²) in [7, 11) is 0. The summed E-state index contributed by atoms with van der Waals surface area (Å²) >= 11 is 0. The number of hydrogen-bond acceptors (Lipinski definition) is 6. The molecular formula is C18H24N4O3. The Morgan fingerprint density at radius 1 is 1.52 bits per heavy atom. The van der Waals surface area contributed by atoms with E-state index in [-0.39, 0.29) is 11.9 Å². The number of carbonyl (C=O) groups excluding carboxylic acids is 1. The van der Waals surface area contributed by atoms with Crippen LogP contribution in [0.5, 0.6) is 0 Å². The normalized spacial score (nSPS) is 21.2. The molecule has 1 fully saturated rings. The number of pyridine rings is 1. The van der Waals surface area contributed by atoms with Gasteiger partial charge >= 0.3 is 0 Å². The monoisotopic (exact) mass is 344 g/mol. The van der Waals surface area contributed by atoms with Crippen molar-refractivity contribution >= 4 is 5.91 Å². The molecule has 2 aromatic rings. The largest absolute Gasteiger partial charge is 0.390 e. The zero-order valence-electron chi connectivity index (χ0n) is 14.6. The quantitative estimate of drug-likeness (QED) is 0.850. The van der Waals surface area contributed by atoms with E-state index in [2.05, 4.69) is 20.4 Å². The lowest BCUT2D eigenvalue weighted by Gasteiger charge is -2.36. The van der Waals surface area contributed by atoms with Crippen molar-refractivity contribution in [1.82, 2.24) is 20.4 Å². The number of nitrogens with zero attached hydrogens (tertiary/aromatic N) is 3. The number of hydrogen-bond donors (Lipinski definition) is 2. The summed E-state index contributed by atoms with van der Waals surface area (Å²) in [5.74, 6) is 0.290. The number of aromatic nitrogens is 2. The molecule has 0 bridgehead atoms. The molecule has 2 N–H and O–H groups in total. The third kappa shape index (κ3) is 4.05. The second-order valence-corrected chi connectivity index (χ2v) is 6.45. The lowest BCUT2D eigenvalue weighted by molar-refractivity contribution is 0.0349. The smallest absolute Gasteiger partial charge is 0.257 e. The molecular weight excluding hydrogens is 320 g/mol. The first kappa shape index (κ1) is 17.6. The number of piperidine rings is 1. The van der Waals surface area contributed by atoms with E-state index in [0.29, 0.717) is 36.4 Å². The third-order valence-corrected chi connectivity index (χ3v) is 4.61. The van der Waals surface area contributed by atoms with E-state index in [9.17, 15) is 9.90 Å². The first-order valence-corrected chi connectivity index (χ1v) is 8.63. The Morgan fingerprint density at radius 2 is 2.36 bits per heavy atom. The molecule has 134 valence electrons. The van der Waals surface area contributed by atoms with Crippen molar-refractivity contribution in [2.75, 3.05) is 13.1 Å². The standard InChI is InChI=1S/C18H24N4O3/c1-3-14-17(12(2)25-21-14)18(24)20-15-6-8-22(11-16(15)23)10-13-5-4-7-19-9-13/h4-5,7,9,15-16,23H,3,6,8,10-11H2,1-2H3,(H,20,24)/t15-,16-/m1/s1. The van der Waals surface area contributed by atoms with E-state index < -0.39 is 6.10 Å². The molecule has 0 aromatic carbocycles. The van der Waals surface area contributed by atoms with Gasteiger partial charge in [0.2, 0.25) is 0 Å². The highest BCUT2D eigenvalue weighted by molar-refractivity contribution is 5.96. The van der Waals surface area contributed by atoms with Crippen molar-refractivity contribution in [2.24, 2.45) is 0 Å². The summed E-state index contributed by atoms with van der Waals surface area (Å²) in [6, 6.07) is 3.66. The van der Waals surface area contributed by atoms with Gasteiger partial charge in [-0.25, -0.2) is 0 Å². The average Bonchev–Trinajstić information content (AvgIpc) is 2.99. The second kappa shape index (κ2) is 7.76. The van der Waals surface area contributed by atoms with Gasteiger partial charge < -0.3 is 14.9 Å². The van der Waals surface area contributed by atoms with E-state index in [1.54, 1.807) is 13.1 Å². The number of likely N-dealkylation sites (tertiary alicyclic amines) is 1. The maximum absolute atomic E-state index is 12.5. The molecule has 1 saturated heterocycles. The van der Waals surface area contributed by atoms with Crippen LogP contribution in [0.25, 0.3) is 0 Å². The van der Waals surface area contributed by atoms with E-state index in [1.807, 2.05) is 25.3 Å². The fourth-order valence-electron chi connectivity index (χ4n) is 3.25. The molecule has 0 radical (unpaired) electrons. The van der Waals surface area contributed by atoms with Crippen LogP contribution in [0.15, 0.2) is 29.0 Å². The minimum Gasteiger partial charge on any atom is -0.390 e. The molecule has 0 spiro atoms. The Bertz CT molecular complexity index is 716. The highest BCUT2D eigenvalue weighted by Gasteiger charge is 2.30. The summed E-state index contributed by atoms with van der Waals surface area (Å²) in [6.07, 6.45) is 4.30. The molecule has 0 aliphatic carbocycles. The molecule has 1 aliphatic heterocycles. The molecule has 3 rings (SSSR count). The van der Waals surface area contributed by atoms with Gasteiger partial charge in [-0.05, 0) is 31.4 Å². The molecule has 7 nitrogen and oxygen atoms in total. The molecule has 1 amide bonds. The Morgan fingerprint density at radius 3 is 3.04 bits per heavy atom. The Labute approximate surface area is 147 Å². The van der Waals surface area contributed by atoms with Crippen molar-refractivity contribution in [3.8, 4) is 0 Å². The van der Waals surface area contributed by atoms with Crippen molar-refractivity contribution in [2.45, 2.75) is 45.4 Å². The molecule has 0 unspecified atom stereocenters. The van der Waals surface area contributed by atoms with Crippen molar-refractivity contribution in [3.05, 3.63) is 47.1 Å². The van der Waals surface area contributed by atoms with Gasteiger partial charge in [-0.2, -0.15) is 0 Å². The van der Waals surface area contributed by atoms with Crippen molar-refractivity contribution < 1.29 is 14.4 Å². The Kier molecular flexibility index (Phi) is 5.45. The number of aliphatic hydroxyl groups excluding tert-OH is 1. The fraction of sp³-hybridized carbons (Fsp3) is 0.500. The zero-order valence-corrected chi connectivity index (χ0v) is 14.6. The molecule has 25 heavy (non-hydrogen) atoms. The lowest BCUT2D eigenvalue weighted by atomic mass is 10.0. The van der Waals surface area contributed by atoms with Crippen molar-refractivity contribution in [1.29, 1.82) is 0 Å². The predicted molar refractivity (Wildman–Crippen MR) is 92.0 cm³/mol. The number of β-amino-alcohol motifs (C(OH)–C–C–N with tert-alkyl or cyclic N) is 1. The van der Waals surface area contributed by atoms with Gasteiger partial charge in [-0.15, -0.1) is 0 Å². The van der Waals surface area contributed by atoms with Crippen LogP contribution < -0.4 is 5.32 Å². The summed E-state index contributed by atoms with van der Waals surface area (Å²) < 4.78 is 5.12. The number of amides is 1. The van der Waals surface area contributed by atoms with Gasteiger partial charge in [0.05, 0.1) is 17.8 Å². The molecule has 3 heterocycles. The van der Waals surface area contributed by atoms with Crippen LogP contribution in [0, 0.1) is 6.92 Å². The predicted octanol–water partition coefficient (Wildman–Crippen LogP) is 1.31. The van der Waals surface area contributed by atoms with Crippen LogP contribution in [0.2, 0.25) is 0 Å². The first-order valence-electron chi connectivity index (χ1n) is 8.63. The van der Waals surface area contributed by atoms with Crippen LogP contribution in [0.1, 0.15) is 40.7 Å².